The van der Waals surface area contributed by atoms with E-state index in [1.165, 1.54) is 6.42 Å². The molecule has 90 valence electrons. The summed E-state index contributed by atoms with van der Waals surface area (Å²) in [5, 5.41) is 0. The van der Waals surface area contributed by atoms with Crippen LogP contribution in [0.1, 0.15) is 45.4 Å². The lowest BCUT2D eigenvalue weighted by atomic mass is 9.80. The lowest BCUT2D eigenvalue weighted by molar-refractivity contribution is -0.215. The minimum absolute atomic E-state index is 0.201. The molecule has 0 bridgehead atoms. The van der Waals surface area contributed by atoms with Gasteiger partial charge in [-0.2, -0.15) is 0 Å². The molecule has 16 heavy (non-hydrogen) atoms. The van der Waals surface area contributed by atoms with E-state index >= 15 is 0 Å². The van der Waals surface area contributed by atoms with Gasteiger partial charge in [0, 0.05) is 5.92 Å². The lowest BCUT2D eigenvalue weighted by Crippen LogP contribution is -2.39. The molecule has 4 heteroatoms. The van der Waals surface area contributed by atoms with Crippen molar-refractivity contribution < 1.29 is 19.1 Å². The summed E-state index contributed by atoms with van der Waals surface area (Å²) in [6.45, 7) is 2.17. The smallest absolute Gasteiger partial charge is 0.320 e. The molecule has 2 fully saturated rings. The van der Waals surface area contributed by atoms with Gasteiger partial charge in [0.1, 0.15) is 6.42 Å². The van der Waals surface area contributed by atoms with Gasteiger partial charge in [0.25, 0.3) is 0 Å². The second-order valence-corrected chi connectivity index (χ2v) is 4.73. The van der Waals surface area contributed by atoms with Gasteiger partial charge in [-0.3, -0.25) is 9.59 Å². The Balaban J connectivity index is 1.95. The van der Waals surface area contributed by atoms with Crippen LogP contribution in [0.3, 0.4) is 0 Å². The summed E-state index contributed by atoms with van der Waals surface area (Å²) in [5.74, 6) is -0.00951. The number of rotatable bonds is 2. The van der Waals surface area contributed by atoms with Gasteiger partial charge in [-0.1, -0.05) is 26.2 Å². The third-order valence-corrected chi connectivity index (χ3v) is 3.57. The van der Waals surface area contributed by atoms with Crippen LogP contribution in [0.4, 0.5) is 0 Å². The van der Waals surface area contributed by atoms with E-state index in [2.05, 4.69) is 6.92 Å². The highest BCUT2D eigenvalue weighted by molar-refractivity contribution is 5.92. The van der Waals surface area contributed by atoms with Crippen LogP contribution in [-0.2, 0) is 19.1 Å². The van der Waals surface area contributed by atoms with Crippen LogP contribution >= 0.6 is 0 Å². The first-order chi connectivity index (χ1) is 7.69. The molecule has 1 aliphatic heterocycles. The fraction of sp³-hybridized carbons (Fsp3) is 0.833. The molecule has 2 atom stereocenters. The van der Waals surface area contributed by atoms with Crippen molar-refractivity contribution in [3.8, 4) is 0 Å². The summed E-state index contributed by atoms with van der Waals surface area (Å²) in [5.41, 5.74) is 0. The van der Waals surface area contributed by atoms with E-state index in [0.717, 1.165) is 25.7 Å². The van der Waals surface area contributed by atoms with Crippen molar-refractivity contribution in [2.75, 3.05) is 0 Å². The first-order valence-electron chi connectivity index (χ1n) is 6.08. The predicted octanol–water partition coefficient (Wildman–Crippen LogP) is 2.02. The molecule has 1 saturated carbocycles. The van der Waals surface area contributed by atoms with Crippen molar-refractivity contribution in [1.29, 1.82) is 0 Å². The summed E-state index contributed by atoms with van der Waals surface area (Å²) in [4.78, 5) is 22.3. The van der Waals surface area contributed by atoms with E-state index in [1.807, 2.05) is 0 Å². The molecule has 0 amide bonds. The number of ether oxygens (including phenoxy) is 2. The first-order valence-corrected chi connectivity index (χ1v) is 6.08. The maximum atomic E-state index is 11.2. The molecule has 1 aliphatic carbocycles. The summed E-state index contributed by atoms with van der Waals surface area (Å²) in [6.07, 6.45) is 4.65. The normalized spacial score (nSPS) is 32.1. The standard InChI is InChI=1S/C12H18O4/c1-2-8-4-3-5-9(6-8)12-15-10(13)7-11(14)16-12/h8-9,12H,2-7H2,1H3. The van der Waals surface area contributed by atoms with Gasteiger partial charge in [-0.05, 0) is 18.8 Å². The molecular weight excluding hydrogens is 208 g/mol. The lowest BCUT2D eigenvalue weighted by Gasteiger charge is -2.34. The third-order valence-electron chi connectivity index (χ3n) is 3.57. The quantitative estimate of drug-likeness (QED) is 0.534. The number of carbonyl (C=O) groups is 2. The van der Waals surface area contributed by atoms with Crippen LogP contribution in [0.5, 0.6) is 0 Å². The molecule has 0 radical (unpaired) electrons. The van der Waals surface area contributed by atoms with Crippen molar-refractivity contribution in [2.45, 2.75) is 51.7 Å². The van der Waals surface area contributed by atoms with Crippen LogP contribution in [0.15, 0.2) is 0 Å². The van der Waals surface area contributed by atoms with E-state index in [1.54, 1.807) is 0 Å². The molecule has 0 spiro atoms. The van der Waals surface area contributed by atoms with Crippen LogP contribution in [0.25, 0.3) is 0 Å². The molecule has 4 nitrogen and oxygen atoms in total. The Hall–Kier alpha value is -1.06. The molecular formula is C12H18O4. The van der Waals surface area contributed by atoms with E-state index < -0.39 is 18.2 Å². The third kappa shape index (κ3) is 2.54. The first kappa shape index (κ1) is 11.4. The van der Waals surface area contributed by atoms with E-state index in [4.69, 9.17) is 9.47 Å². The van der Waals surface area contributed by atoms with Gasteiger partial charge in [0.05, 0.1) is 0 Å². The van der Waals surface area contributed by atoms with Crippen molar-refractivity contribution in [3.63, 3.8) is 0 Å². The van der Waals surface area contributed by atoms with Gasteiger partial charge in [0.15, 0.2) is 0 Å². The van der Waals surface area contributed by atoms with Crippen molar-refractivity contribution in [3.05, 3.63) is 0 Å². The van der Waals surface area contributed by atoms with E-state index in [0.29, 0.717) is 5.92 Å². The fourth-order valence-electron chi connectivity index (χ4n) is 2.63. The van der Waals surface area contributed by atoms with Gasteiger partial charge in [-0.15, -0.1) is 0 Å². The van der Waals surface area contributed by atoms with Crippen LogP contribution in [0, 0.1) is 11.8 Å². The average Bonchev–Trinajstić information content (AvgIpc) is 2.28. The molecule has 1 heterocycles. The second kappa shape index (κ2) is 4.85. The highest BCUT2D eigenvalue weighted by Gasteiger charge is 2.36. The Morgan fingerprint density at radius 1 is 1.19 bits per heavy atom. The zero-order valence-corrected chi connectivity index (χ0v) is 9.61. The highest BCUT2D eigenvalue weighted by atomic mass is 16.7. The summed E-state index contributed by atoms with van der Waals surface area (Å²) in [6, 6.07) is 0. The number of carbonyl (C=O) groups excluding carboxylic acids is 2. The van der Waals surface area contributed by atoms with Gasteiger partial charge >= 0.3 is 11.9 Å². The Morgan fingerprint density at radius 2 is 1.88 bits per heavy atom. The fourth-order valence-corrected chi connectivity index (χ4v) is 2.63. The molecule has 0 aromatic heterocycles. The second-order valence-electron chi connectivity index (χ2n) is 4.73. The highest BCUT2D eigenvalue weighted by Crippen LogP contribution is 2.35. The summed E-state index contributed by atoms with van der Waals surface area (Å²) < 4.78 is 10.2. The SMILES string of the molecule is CCC1CCCC(C2OC(=O)CC(=O)O2)C1. The Labute approximate surface area is 95.3 Å². The molecule has 0 N–H and O–H groups in total. The predicted molar refractivity (Wildman–Crippen MR) is 56.3 cm³/mol. The van der Waals surface area contributed by atoms with Crippen molar-refractivity contribution in [2.24, 2.45) is 11.8 Å². The molecule has 1 saturated heterocycles. The monoisotopic (exact) mass is 226 g/mol. The van der Waals surface area contributed by atoms with Crippen LogP contribution < -0.4 is 0 Å². The van der Waals surface area contributed by atoms with Crippen LogP contribution in [-0.4, -0.2) is 18.2 Å². The maximum absolute atomic E-state index is 11.2. The van der Waals surface area contributed by atoms with Gasteiger partial charge in [0.2, 0.25) is 6.29 Å². The zero-order chi connectivity index (χ0) is 11.5. The number of cyclic esters (lactones) is 2. The Kier molecular flexibility index (Phi) is 3.46. The summed E-state index contributed by atoms with van der Waals surface area (Å²) >= 11 is 0. The summed E-state index contributed by atoms with van der Waals surface area (Å²) in [7, 11) is 0. The number of hydrogen-bond donors (Lipinski definition) is 0. The van der Waals surface area contributed by atoms with Crippen LogP contribution in [0.2, 0.25) is 0 Å². The van der Waals surface area contributed by atoms with E-state index in [-0.39, 0.29) is 12.3 Å². The van der Waals surface area contributed by atoms with Gasteiger partial charge < -0.3 is 9.47 Å². The number of esters is 2. The molecule has 0 aromatic rings. The minimum atomic E-state index is -0.622. The average molecular weight is 226 g/mol. The molecule has 2 unspecified atom stereocenters. The molecule has 2 rings (SSSR count). The molecule has 2 aliphatic rings. The van der Waals surface area contributed by atoms with Crippen molar-refractivity contribution in [1.82, 2.24) is 0 Å². The number of hydrogen-bond acceptors (Lipinski definition) is 4. The molecule has 0 aromatic carbocycles. The Morgan fingerprint density at radius 3 is 2.50 bits per heavy atom. The Bertz CT molecular complexity index is 271. The van der Waals surface area contributed by atoms with Gasteiger partial charge in [-0.25, -0.2) is 0 Å². The van der Waals surface area contributed by atoms with Crippen molar-refractivity contribution >= 4 is 11.9 Å². The zero-order valence-electron chi connectivity index (χ0n) is 9.61. The minimum Gasteiger partial charge on any atom is -0.424 e. The topological polar surface area (TPSA) is 52.6 Å². The maximum Gasteiger partial charge on any atom is 0.320 e. The largest absolute Gasteiger partial charge is 0.424 e. The van der Waals surface area contributed by atoms with E-state index in [9.17, 15) is 9.59 Å².